The Morgan fingerprint density at radius 2 is 2.29 bits per heavy atom. The SMILES string of the molecule is CNCc1c(Sc2nc(N)cc(=O)[nH]2)nc2ccccn12. The first-order chi connectivity index (χ1) is 10.2. The summed E-state index contributed by atoms with van der Waals surface area (Å²) in [5.41, 5.74) is 7.18. The summed E-state index contributed by atoms with van der Waals surface area (Å²) in [6, 6.07) is 7.06. The van der Waals surface area contributed by atoms with Gasteiger partial charge in [-0.1, -0.05) is 6.07 Å². The average molecular weight is 302 g/mol. The minimum Gasteiger partial charge on any atom is -0.383 e. The Hall–Kier alpha value is -2.32. The molecular weight excluding hydrogens is 288 g/mol. The van der Waals surface area contributed by atoms with E-state index in [1.807, 2.05) is 35.8 Å². The molecule has 0 aliphatic rings. The summed E-state index contributed by atoms with van der Waals surface area (Å²) in [7, 11) is 1.87. The van der Waals surface area contributed by atoms with Gasteiger partial charge in [0.25, 0.3) is 5.56 Å². The number of fused-ring (bicyclic) bond motifs is 1. The minimum absolute atomic E-state index is 0.195. The number of nitrogens with two attached hydrogens (primary N) is 1. The quantitative estimate of drug-likeness (QED) is 0.618. The molecule has 21 heavy (non-hydrogen) atoms. The highest BCUT2D eigenvalue weighted by molar-refractivity contribution is 7.99. The summed E-state index contributed by atoms with van der Waals surface area (Å²) in [5.74, 6) is 0.195. The molecule has 0 unspecified atom stereocenters. The van der Waals surface area contributed by atoms with E-state index in [1.54, 1.807) is 0 Å². The van der Waals surface area contributed by atoms with Gasteiger partial charge in [0.2, 0.25) is 0 Å². The number of imidazole rings is 1. The molecule has 7 nitrogen and oxygen atoms in total. The molecule has 0 bridgehead atoms. The first kappa shape index (κ1) is 13.7. The van der Waals surface area contributed by atoms with Gasteiger partial charge in [0.05, 0.1) is 5.69 Å². The van der Waals surface area contributed by atoms with Crippen molar-refractivity contribution >= 4 is 23.2 Å². The number of nitrogens with zero attached hydrogens (tertiary/aromatic N) is 3. The second kappa shape index (κ2) is 5.58. The summed E-state index contributed by atoms with van der Waals surface area (Å²) in [6.07, 6.45) is 1.95. The van der Waals surface area contributed by atoms with Crippen LogP contribution in [0.1, 0.15) is 5.69 Å². The van der Waals surface area contributed by atoms with Crippen molar-refractivity contribution in [3.8, 4) is 0 Å². The Morgan fingerprint density at radius 3 is 3.05 bits per heavy atom. The van der Waals surface area contributed by atoms with Crippen LogP contribution in [0.5, 0.6) is 0 Å². The number of H-pyrrole nitrogens is 1. The molecule has 108 valence electrons. The van der Waals surface area contributed by atoms with Crippen LogP contribution in [0.3, 0.4) is 0 Å². The number of hydrogen-bond donors (Lipinski definition) is 3. The monoisotopic (exact) mass is 302 g/mol. The van der Waals surface area contributed by atoms with E-state index in [1.165, 1.54) is 17.8 Å². The standard InChI is InChI=1S/C13H14N6OS/c1-15-7-8-12(17-10-4-2-3-5-19(8)10)21-13-16-9(14)6-11(20)18-13/h2-6,15H,7H2,1H3,(H3,14,16,18,20). The number of rotatable bonds is 4. The summed E-state index contributed by atoms with van der Waals surface area (Å²) in [6.45, 7) is 0.653. The van der Waals surface area contributed by atoms with Gasteiger partial charge in [-0.25, -0.2) is 9.97 Å². The maximum Gasteiger partial charge on any atom is 0.253 e. The maximum atomic E-state index is 11.5. The van der Waals surface area contributed by atoms with E-state index in [0.717, 1.165) is 16.4 Å². The number of aromatic nitrogens is 4. The summed E-state index contributed by atoms with van der Waals surface area (Å²) in [5, 5.41) is 4.33. The number of hydrogen-bond acceptors (Lipinski definition) is 6. The van der Waals surface area contributed by atoms with Crippen molar-refractivity contribution < 1.29 is 0 Å². The van der Waals surface area contributed by atoms with E-state index >= 15 is 0 Å². The molecule has 8 heteroatoms. The van der Waals surface area contributed by atoms with Crippen LogP contribution in [0.2, 0.25) is 0 Å². The van der Waals surface area contributed by atoms with Gasteiger partial charge < -0.3 is 20.4 Å². The minimum atomic E-state index is -0.274. The molecule has 4 N–H and O–H groups in total. The zero-order valence-electron chi connectivity index (χ0n) is 11.3. The molecule has 0 spiro atoms. The van der Waals surface area contributed by atoms with Gasteiger partial charge in [-0.15, -0.1) is 0 Å². The third kappa shape index (κ3) is 2.76. The van der Waals surface area contributed by atoms with E-state index in [4.69, 9.17) is 5.73 Å². The largest absolute Gasteiger partial charge is 0.383 e. The fourth-order valence-corrected chi connectivity index (χ4v) is 2.94. The number of anilines is 1. The van der Waals surface area contributed by atoms with Crippen LogP contribution in [0.15, 0.2) is 45.4 Å². The predicted molar refractivity (Wildman–Crippen MR) is 81.3 cm³/mol. The molecule has 3 aromatic rings. The van der Waals surface area contributed by atoms with Crippen LogP contribution in [-0.4, -0.2) is 26.4 Å². The van der Waals surface area contributed by atoms with Gasteiger partial charge in [0, 0.05) is 18.8 Å². The Balaban J connectivity index is 2.06. The smallest absolute Gasteiger partial charge is 0.253 e. The van der Waals surface area contributed by atoms with Crippen LogP contribution < -0.4 is 16.6 Å². The van der Waals surface area contributed by atoms with E-state index < -0.39 is 0 Å². The number of pyridine rings is 1. The molecular formula is C13H14N6OS. The molecule has 0 aliphatic carbocycles. The lowest BCUT2D eigenvalue weighted by Gasteiger charge is -2.04. The Bertz CT molecular complexity index is 840. The topological polar surface area (TPSA) is 101 Å². The van der Waals surface area contributed by atoms with Crippen LogP contribution in [0.4, 0.5) is 5.82 Å². The maximum absolute atomic E-state index is 11.5. The van der Waals surface area contributed by atoms with Gasteiger partial charge in [0.15, 0.2) is 5.16 Å². The van der Waals surface area contributed by atoms with Crippen LogP contribution in [0.25, 0.3) is 5.65 Å². The third-order valence-electron chi connectivity index (χ3n) is 2.87. The van der Waals surface area contributed by atoms with Crippen molar-refractivity contribution in [3.63, 3.8) is 0 Å². The molecule has 0 radical (unpaired) electrons. The molecule has 3 aromatic heterocycles. The fourth-order valence-electron chi connectivity index (χ4n) is 2.03. The number of nitrogen functional groups attached to an aromatic ring is 1. The van der Waals surface area contributed by atoms with Crippen molar-refractivity contribution in [1.82, 2.24) is 24.7 Å². The summed E-state index contributed by atoms with van der Waals surface area (Å²) < 4.78 is 2.00. The highest BCUT2D eigenvalue weighted by Gasteiger charge is 2.14. The van der Waals surface area contributed by atoms with Crippen LogP contribution >= 0.6 is 11.8 Å². The number of nitrogens with one attached hydrogen (secondary N) is 2. The van der Waals surface area contributed by atoms with Gasteiger partial charge in [-0.2, -0.15) is 0 Å². The first-order valence-corrected chi connectivity index (χ1v) is 7.14. The first-order valence-electron chi connectivity index (χ1n) is 6.32. The van der Waals surface area contributed by atoms with Crippen molar-refractivity contribution in [2.75, 3.05) is 12.8 Å². The lowest BCUT2D eigenvalue weighted by molar-refractivity contribution is 0.763. The summed E-state index contributed by atoms with van der Waals surface area (Å²) >= 11 is 1.29. The zero-order chi connectivity index (χ0) is 14.8. The molecule has 0 fully saturated rings. The Labute approximate surface area is 124 Å². The van der Waals surface area contributed by atoms with E-state index in [2.05, 4.69) is 20.3 Å². The predicted octanol–water partition coefficient (Wildman–Crippen LogP) is 0.870. The molecule has 0 aromatic carbocycles. The molecule has 0 atom stereocenters. The zero-order valence-corrected chi connectivity index (χ0v) is 12.1. The van der Waals surface area contributed by atoms with Crippen molar-refractivity contribution in [3.05, 3.63) is 46.5 Å². The van der Waals surface area contributed by atoms with Crippen LogP contribution in [0, 0.1) is 0 Å². The van der Waals surface area contributed by atoms with E-state index in [0.29, 0.717) is 11.7 Å². The lowest BCUT2D eigenvalue weighted by atomic mass is 10.4. The normalized spacial score (nSPS) is 11.1. The van der Waals surface area contributed by atoms with Crippen molar-refractivity contribution in [1.29, 1.82) is 0 Å². The molecule has 0 saturated heterocycles. The second-order valence-electron chi connectivity index (χ2n) is 4.40. The second-order valence-corrected chi connectivity index (χ2v) is 5.38. The Kier molecular flexibility index (Phi) is 3.63. The van der Waals surface area contributed by atoms with Crippen molar-refractivity contribution in [2.45, 2.75) is 16.7 Å². The molecule has 3 heterocycles. The van der Waals surface area contributed by atoms with Crippen LogP contribution in [-0.2, 0) is 6.54 Å². The number of aromatic amines is 1. The van der Waals surface area contributed by atoms with Crippen molar-refractivity contribution in [2.24, 2.45) is 0 Å². The van der Waals surface area contributed by atoms with Gasteiger partial charge in [0.1, 0.15) is 16.5 Å². The molecule has 3 rings (SSSR count). The molecule has 0 amide bonds. The fraction of sp³-hybridized carbons (Fsp3) is 0.154. The molecule has 0 saturated carbocycles. The summed E-state index contributed by atoms with van der Waals surface area (Å²) in [4.78, 5) is 22.8. The lowest BCUT2D eigenvalue weighted by Crippen LogP contribution is -2.10. The van der Waals surface area contributed by atoms with E-state index in [-0.39, 0.29) is 11.4 Å². The van der Waals surface area contributed by atoms with Gasteiger partial charge >= 0.3 is 0 Å². The molecule has 0 aliphatic heterocycles. The average Bonchev–Trinajstić information content (AvgIpc) is 2.76. The van der Waals surface area contributed by atoms with Gasteiger partial charge in [-0.05, 0) is 30.9 Å². The Morgan fingerprint density at radius 1 is 1.43 bits per heavy atom. The van der Waals surface area contributed by atoms with E-state index in [9.17, 15) is 4.79 Å². The highest BCUT2D eigenvalue weighted by atomic mass is 32.2. The highest BCUT2D eigenvalue weighted by Crippen LogP contribution is 2.28. The third-order valence-corrected chi connectivity index (χ3v) is 3.78. The van der Waals surface area contributed by atoms with Gasteiger partial charge in [-0.3, -0.25) is 4.79 Å².